The lowest BCUT2D eigenvalue weighted by Gasteiger charge is -2.34. The molecule has 2 heterocycles. The normalized spacial score (nSPS) is 16.7. The van der Waals surface area contributed by atoms with E-state index in [1.54, 1.807) is 15.2 Å². The number of benzene rings is 1. The van der Waals surface area contributed by atoms with Gasteiger partial charge in [-0.3, -0.25) is 14.9 Å². The second kappa shape index (κ2) is 12.0. The van der Waals surface area contributed by atoms with Gasteiger partial charge in [0, 0.05) is 37.1 Å². The highest BCUT2D eigenvalue weighted by Gasteiger charge is 2.25. The summed E-state index contributed by atoms with van der Waals surface area (Å²) in [5.41, 5.74) is 6.32. The highest BCUT2D eigenvalue weighted by molar-refractivity contribution is 7.13. The zero-order valence-corrected chi connectivity index (χ0v) is 20.7. The molecule has 0 spiro atoms. The largest absolute Gasteiger partial charge is 0.494 e. The van der Waals surface area contributed by atoms with Crippen LogP contribution in [-0.2, 0) is 11.2 Å². The molecule has 0 radical (unpaired) electrons. The molecule has 2 aliphatic rings. The van der Waals surface area contributed by atoms with Crippen molar-refractivity contribution in [3.63, 3.8) is 0 Å². The van der Waals surface area contributed by atoms with Gasteiger partial charge in [0.1, 0.15) is 5.75 Å². The Hall–Kier alpha value is -3.14. The van der Waals surface area contributed by atoms with Gasteiger partial charge in [-0.05, 0) is 30.5 Å². The van der Waals surface area contributed by atoms with E-state index < -0.39 is 5.91 Å². The number of thiazole rings is 1. The second-order valence-electron chi connectivity index (χ2n) is 9.17. The van der Waals surface area contributed by atoms with Gasteiger partial charge in [0.25, 0.3) is 5.91 Å². The summed E-state index contributed by atoms with van der Waals surface area (Å²) in [6.07, 6.45) is 7.71. The fourth-order valence-corrected chi connectivity index (χ4v) is 5.33. The second-order valence-corrected chi connectivity index (χ2v) is 10.0. The van der Waals surface area contributed by atoms with Gasteiger partial charge in [0.15, 0.2) is 5.13 Å². The molecule has 35 heavy (non-hydrogen) atoms. The number of anilines is 1. The first-order valence-electron chi connectivity index (χ1n) is 12.3. The van der Waals surface area contributed by atoms with E-state index >= 15 is 0 Å². The van der Waals surface area contributed by atoms with Gasteiger partial charge in [-0.1, -0.05) is 38.2 Å². The van der Waals surface area contributed by atoms with E-state index in [1.807, 2.05) is 24.3 Å². The van der Waals surface area contributed by atoms with E-state index in [9.17, 15) is 14.4 Å². The molecule has 1 saturated carbocycles. The minimum absolute atomic E-state index is 0.0416. The predicted octanol–water partition coefficient (Wildman–Crippen LogP) is 3.51. The molecule has 2 fully saturated rings. The number of carbonyl (C=O) groups excluding carboxylic acids is 3. The van der Waals surface area contributed by atoms with E-state index in [0.29, 0.717) is 49.2 Å². The van der Waals surface area contributed by atoms with Crippen LogP contribution in [0.4, 0.5) is 9.93 Å². The van der Waals surface area contributed by atoms with Crippen LogP contribution in [0.2, 0.25) is 0 Å². The predicted molar refractivity (Wildman–Crippen MR) is 135 cm³/mol. The molecule has 0 unspecified atom stereocenters. The number of hydrogen-bond donors (Lipinski definition) is 2. The van der Waals surface area contributed by atoms with E-state index in [-0.39, 0.29) is 18.4 Å². The summed E-state index contributed by atoms with van der Waals surface area (Å²) in [4.78, 5) is 44.3. The van der Waals surface area contributed by atoms with Crippen molar-refractivity contribution in [2.45, 2.75) is 44.9 Å². The quantitative estimate of drug-likeness (QED) is 0.576. The van der Waals surface area contributed by atoms with Crippen LogP contribution >= 0.6 is 11.3 Å². The molecule has 1 aromatic heterocycles. The highest BCUT2D eigenvalue weighted by Crippen LogP contribution is 2.26. The molecule has 0 bridgehead atoms. The minimum Gasteiger partial charge on any atom is -0.494 e. The first kappa shape index (κ1) is 25.0. The average Bonchev–Trinajstić information content (AvgIpc) is 3.30. The number of aromatic nitrogens is 1. The SMILES string of the molecule is NC(=O)Cc1csc(NC(=O)N2CCN(C(=O)c3cccc(OCCC4CCCCC4)c3)CC2)n1. The molecule has 1 saturated heterocycles. The molecule has 4 amide bonds. The number of rotatable bonds is 8. The van der Waals surface area contributed by atoms with Crippen LogP contribution in [0.3, 0.4) is 0 Å². The summed E-state index contributed by atoms with van der Waals surface area (Å²) in [5.74, 6) is 0.961. The number of carbonyl (C=O) groups is 3. The van der Waals surface area contributed by atoms with Crippen molar-refractivity contribution in [1.82, 2.24) is 14.8 Å². The highest BCUT2D eigenvalue weighted by atomic mass is 32.1. The number of hydrogen-bond acceptors (Lipinski definition) is 6. The molecular formula is C25H33N5O4S. The maximum Gasteiger partial charge on any atom is 0.323 e. The number of ether oxygens (including phenoxy) is 1. The third-order valence-electron chi connectivity index (χ3n) is 6.58. The lowest BCUT2D eigenvalue weighted by atomic mass is 9.87. The number of nitrogens with one attached hydrogen (secondary N) is 1. The minimum atomic E-state index is -0.467. The lowest BCUT2D eigenvalue weighted by Crippen LogP contribution is -2.51. The van der Waals surface area contributed by atoms with Gasteiger partial charge in [-0.2, -0.15) is 0 Å². The standard InChI is InChI=1S/C25H33N5O4S/c26-22(31)16-20-17-35-24(27-20)28-25(33)30-12-10-29(11-13-30)23(32)19-7-4-8-21(15-19)34-14-9-18-5-2-1-3-6-18/h4,7-8,15,17-18H,1-3,5-6,9-14,16H2,(H2,26,31)(H,27,28,33). The Morgan fingerprint density at radius 3 is 2.57 bits per heavy atom. The Balaban J connectivity index is 1.23. The summed E-state index contributed by atoms with van der Waals surface area (Å²) < 4.78 is 5.95. The molecule has 1 aliphatic carbocycles. The fraction of sp³-hybridized carbons (Fsp3) is 0.520. The molecule has 10 heteroatoms. The number of piperazine rings is 1. The molecule has 188 valence electrons. The molecular weight excluding hydrogens is 466 g/mol. The molecule has 0 atom stereocenters. The topological polar surface area (TPSA) is 118 Å². The van der Waals surface area contributed by atoms with Crippen LogP contribution in [0.1, 0.15) is 54.6 Å². The van der Waals surface area contributed by atoms with Crippen molar-refractivity contribution in [1.29, 1.82) is 0 Å². The summed E-state index contributed by atoms with van der Waals surface area (Å²) in [5, 5.41) is 4.87. The fourth-order valence-electron chi connectivity index (χ4n) is 4.63. The third kappa shape index (κ3) is 7.17. The van der Waals surface area contributed by atoms with Gasteiger partial charge in [0.2, 0.25) is 5.91 Å². The number of primary amides is 1. The van der Waals surface area contributed by atoms with Crippen molar-refractivity contribution >= 4 is 34.3 Å². The Labute approximate surface area is 209 Å². The van der Waals surface area contributed by atoms with Crippen molar-refractivity contribution < 1.29 is 19.1 Å². The van der Waals surface area contributed by atoms with Gasteiger partial charge < -0.3 is 20.3 Å². The van der Waals surface area contributed by atoms with Crippen molar-refractivity contribution in [3.05, 3.63) is 40.9 Å². The third-order valence-corrected chi connectivity index (χ3v) is 7.38. The van der Waals surface area contributed by atoms with Gasteiger partial charge in [0.05, 0.1) is 18.7 Å². The monoisotopic (exact) mass is 499 g/mol. The summed E-state index contributed by atoms with van der Waals surface area (Å²) in [7, 11) is 0. The van der Waals surface area contributed by atoms with Crippen LogP contribution in [0.15, 0.2) is 29.6 Å². The molecule has 4 rings (SSSR count). The summed E-state index contributed by atoms with van der Waals surface area (Å²) >= 11 is 1.25. The van der Waals surface area contributed by atoms with E-state index in [1.165, 1.54) is 43.4 Å². The maximum atomic E-state index is 13.0. The van der Waals surface area contributed by atoms with Crippen LogP contribution in [0.25, 0.3) is 0 Å². The van der Waals surface area contributed by atoms with Gasteiger partial charge in [-0.15, -0.1) is 11.3 Å². The number of urea groups is 1. The smallest absolute Gasteiger partial charge is 0.323 e. The number of nitrogens with two attached hydrogens (primary N) is 1. The van der Waals surface area contributed by atoms with Gasteiger partial charge >= 0.3 is 6.03 Å². The Morgan fingerprint density at radius 2 is 1.83 bits per heavy atom. The Kier molecular flexibility index (Phi) is 8.57. The van der Waals surface area contributed by atoms with E-state index in [0.717, 1.165) is 18.1 Å². The van der Waals surface area contributed by atoms with Crippen LogP contribution in [0.5, 0.6) is 5.75 Å². The van der Waals surface area contributed by atoms with Crippen LogP contribution in [0, 0.1) is 5.92 Å². The van der Waals surface area contributed by atoms with E-state index in [2.05, 4.69) is 10.3 Å². The first-order valence-corrected chi connectivity index (χ1v) is 13.2. The average molecular weight is 500 g/mol. The van der Waals surface area contributed by atoms with Crippen molar-refractivity contribution in [2.24, 2.45) is 11.7 Å². The first-order chi connectivity index (χ1) is 17.0. The van der Waals surface area contributed by atoms with Crippen LogP contribution < -0.4 is 15.8 Å². The molecule has 1 aromatic carbocycles. The van der Waals surface area contributed by atoms with Crippen molar-refractivity contribution in [2.75, 3.05) is 38.1 Å². The number of amides is 4. The Morgan fingerprint density at radius 1 is 1.09 bits per heavy atom. The molecule has 3 N–H and O–H groups in total. The Bertz CT molecular complexity index is 1030. The lowest BCUT2D eigenvalue weighted by molar-refractivity contribution is -0.117. The zero-order chi connectivity index (χ0) is 24.6. The van der Waals surface area contributed by atoms with Crippen molar-refractivity contribution in [3.8, 4) is 5.75 Å². The van der Waals surface area contributed by atoms with E-state index in [4.69, 9.17) is 10.5 Å². The maximum absolute atomic E-state index is 13.0. The zero-order valence-electron chi connectivity index (χ0n) is 19.9. The van der Waals surface area contributed by atoms with Gasteiger partial charge in [-0.25, -0.2) is 9.78 Å². The molecule has 9 nitrogen and oxygen atoms in total. The summed E-state index contributed by atoms with van der Waals surface area (Å²) in [6.45, 7) is 2.43. The molecule has 2 aromatic rings. The molecule has 1 aliphatic heterocycles. The summed E-state index contributed by atoms with van der Waals surface area (Å²) in [6, 6.07) is 7.10. The number of nitrogens with zero attached hydrogens (tertiary/aromatic N) is 3. The van der Waals surface area contributed by atoms with Crippen LogP contribution in [-0.4, -0.2) is 65.4 Å².